The van der Waals surface area contributed by atoms with Crippen molar-refractivity contribution in [3.8, 4) is 0 Å². The third-order valence-corrected chi connectivity index (χ3v) is 2.46. The van der Waals surface area contributed by atoms with Crippen molar-refractivity contribution in [1.82, 2.24) is 4.98 Å². The maximum absolute atomic E-state index is 11.8. The molecule has 1 aromatic heterocycles. The second-order valence-corrected chi connectivity index (χ2v) is 3.58. The summed E-state index contributed by atoms with van der Waals surface area (Å²) in [5, 5.41) is 2.03. The molecule has 0 N–H and O–H groups in total. The number of ketones is 1. The molecule has 0 unspecified atom stereocenters. The Balaban J connectivity index is 2.56. The molecule has 0 saturated carbocycles. The molecule has 2 heteroatoms. The number of Topliss-reactive ketones (excluding diaryl/α,β-unsaturated/α-hetero) is 1. The van der Waals surface area contributed by atoms with Gasteiger partial charge in [0, 0.05) is 29.8 Å². The summed E-state index contributed by atoms with van der Waals surface area (Å²) in [6.07, 6.45) is 5.00. The Bertz CT molecular complexity index is 485. The summed E-state index contributed by atoms with van der Waals surface area (Å²) in [6.45, 7) is 2.02. The summed E-state index contributed by atoms with van der Waals surface area (Å²) < 4.78 is 0. The fraction of sp³-hybridized carbons (Fsp3) is 0.231. The molecular weight excluding hydrogens is 186 g/mol. The van der Waals surface area contributed by atoms with Gasteiger partial charge in [-0.3, -0.25) is 9.78 Å². The van der Waals surface area contributed by atoms with E-state index in [0.29, 0.717) is 6.42 Å². The molecule has 0 saturated heterocycles. The quantitative estimate of drug-likeness (QED) is 0.710. The van der Waals surface area contributed by atoms with E-state index in [1.807, 2.05) is 31.2 Å². The highest BCUT2D eigenvalue weighted by Gasteiger charge is 2.08. The highest BCUT2D eigenvalue weighted by atomic mass is 16.1. The zero-order chi connectivity index (χ0) is 10.7. The maximum atomic E-state index is 11.8. The number of rotatable bonds is 3. The molecule has 1 heterocycles. The fourth-order valence-electron chi connectivity index (χ4n) is 1.72. The number of fused-ring (bicyclic) bond motifs is 1. The van der Waals surface area contributed by atoms with Crippen LogP contribution in [0.1, 0.15) is 30.1 Å². The van der Waals surface area contributed by atoms with E-state index in [9.17, 15) is 4.79 Å². The molecule has 0 aliphatic carbocycles. The Morgan fingerprint density at radius 3 is 3.00 bits per heavy atom. The second-order valence-electron chi connectivity index (χ2n) is 3.58. The molecule has 2 rings (SSSR count). The van der Waals surface area contributed by atoms with E-state index in [4.69, 9.17) is 0 Å². The molecule has 0 radical (unpaired) electrons. The van der Waals surface area contributed by atoms with Crippen LogP contribution in [0, 0.1) is 0 Å². The SMILES string of the molecule is CCCC(=O)c1cccc2ccncc12. The van der Waals surface area contributed by atoms with Gasteiger partial charge in [0.05, 0.1) is 0 Å². The molecule has 1 aromatic carbocycles. The van der Waals surface area contributed by atoms with E-state index in [0.717, 1.165) is 22.8 Å². The number of nitrogens with zero attached hydrogens (tertiary/aromatic N) is 1. The van der Waals surface area contributed by atoms with E-state index in [1.165, 1.54) is 0 Å². The van der Waals surface area contributed by atoms with Gasteiger partial charge in [-0.15, -0.1) is 0 Å². The molecule has 2 aromatic rings. The van der Waals surface area contributed by atoms with Crippen molar-refractivity contribution in [3.63, 3.8) is 0 Å². The molecule has 0 amide bonds. The number of aromatic nitrogens is 1. The topological polar surface area (TPSA) is 30.0 Å². The van der Waals surface area contributed by atoms with Crippen LogP contribution in [-0.2, 0) is 0 Å². The first kappa shape index (κ1) is 9.84. The van der Waals surface area contributed by atoms with Crippen LogP contribution >= 0.6 is 0 Å². The number of pyridine rings is 1. The molecule has 0 aliphatic rings. The van der Waals surface area contributed by atoms with Crippen molar-refractivity contribution in [1.29, 1.82) is 0 Å². The first-order valence-corrected chi connectivity index (χ1v) is 5.19. The van der Waals surface area contributed by atoms with Crippen LogP contribution in [0.25, 0.3) is 10.8 Å². The predicted molar refractivity (Wildman–Crippen MR) is 61.0 cm³/mol. The Labute approximate surface area is 89.0 Å². The molecule has 0 atom stereocenters. The summed E-state index contributed by atoms with van der Waals surface area (Å²) >= 11 is 0. The van der Waals surface area contributed by atoms with Crippen molar-refractivity contribution in [2.75, 3.05) is 0 Å². The summed E-state index contributed by atoms with van der Waals surface area (Å²) in [5.74, 6) is 0.205. The third kappa shape index (κ3) is 1.89. The van der Waals surface area contributed by atoms with E-state index in [2.05, 4.69) is 4.98 Å². The van der Waals surface area contributed by atoms with Crippen molar-refractivity contribution in [2.45, 2.75) is 19.8 Å². The molecule has 15 heavy (non-hydrogen) atoms. The average Bonchev–Trinajstić information content (AvgIpc) is 2.28. The Morgan fingerprint density at radius 2 is 2.20 bits per heavy atom. The lowest BCUT2D eigenvalue weighted by molar-refractivity contribution is 0.0983. The molecule has 2 nitrogen and oxygen atoms in total. The zero-order valence-corrected chi connectivity index (χ0v) is 8.73. The molecule has 0 bridgehead atoms. The number of hydrogen-bond acceptors (Lipinski definition) is 2. The van der Waals surface area contributed by atoms with Gasteiger partial charge < -0.3 is 0 Å². The number of hydrogen-bond donors (Lipinski definition) is 0. The lowest BCUT2D eigenvalue weighted by Crippen LogP contribution is -1.99. The minimum Gasteiger partial charge on any atom is -0.294 e. The van der Waals surface area contributed by atoms with Crippen LogP contribution in [0.5, 0.6) is 0 Å². The first-order chi connectivity index (χ1) is 7.33. The largest absolute Gasteiger partial charge is 0.294 e. The second kappa shape index (κ2) is 4.22. The van der Waals surface area contributed by atoms with Gasteiger partial charge in [0.25, 0.3) is 0 Å². The Kier molecular flexibility index (Phi) is 2.77. The minimum absolute atomic E-state index is 0.205. The van der Waals surface area contributed by atoms with Crippen molar-refractivity contribution in [3.05, 3.63) is 42.2 Å². The van der Waals surface area contributed by atoms with E-state index >= 15 is 0 Å². The van der Waals surface area contributed by atoms with Crippen LogP contribution in [0.4, 0.5) is 0 Å². The lowest BCUT2D eigenvalue weighted by Gasteiger charge is -2.03. The van der Waals surface area contributed by atoms with Crippen molar-refractivity contribution in [2.24, 2.45) is 0 Å². The zero-order valence-electron chi connectivity index (χ0n) is 8.73. The minimum atomic E-state index is 0.205. The van der Waals surface area contributed by atoms with E-state index in [-0.39, 0.29) is 5.78 Å². The van der Waals surface area contributed by atoms with Gasteiger partial charge in [-0.05, 0) is 17.9 Å². The summed E-state index contributed by atoms with van der Waals surface area (Å²) in [4.78, 5) is 15.9. The summed E-state index contributed by atoms with van der Waals surface area (Å²) in [5.41, 5.74) is 0.794. The Hall–Kier alpha value is -1.70. The summed E-state index contributed by atoms with van der Waals surface area (Å²) in [6, 6.07) is 7.73. The van der Waals surface area contributed by atoms with E-state index < -0.39 is 0 Å². The standard InChI is InChI=1S/C13H13NO/c1-2-4-13(15)11-6-3-5-10-7-8-14-9-12(10)11/h3,5-9H,2,4H2,1H3. The van der Waals surface area contributed by atoms with Crippen LogP contribution in [0.15, 0.2) is 36.7 Å². The van der Waals surface area contributed by atoms with Gasteiger partial charge >= 0.3 is 0 Å². The average molecular weight is 199 g/mol. The van der Waals surface area contributed by atoms with Crippen LogP contribution in [-0.4, -0.2) is 10.8 Å². The number of benzene rings is 1. The molecule has 0 spiro atoms. The van der Waals surface area contributed by atoms with E-state index in [1.54, 1.807) is 12.4 Å². The smallest absolute Gasteiger partial charge is 0.163 e. The molecule has 0 aliphatic heterocycles. The van der Waals surface area contributed by atoms with Gasteiger partial charge in [0.2, 0.25) is 0 Å². The normalized spacial score (nSPS) is 10.5. The third-order valence-electron chi connectivity index (χ3n) is 2.46. The van der Waals surface area contributed by atoms with Crippen LogP contribution in [0.2, 0.25) is 0 Å². The Morgan fingerprint density at radius 1 is 1.33 bits per heavy atom. The number of carbonyl (C=O) groups is 1. The monoisotopic (exact) mass is 199 g/mol. The van der Waals surface area contributed by atoms with Gasteiger partial charge in [0.15, 0.2) is 5.78 Å². The van der Waals surface area contributed by atoms with Crippen LogP contribution < -0.4 is 0 Å². The number of carbonyl (C=O) groups excluding carboxylic acids is 1. The fourth-order valence-corrected chi connectivity index (χ4v) is 1.72. The van der Waals surface area contributed by atoms with Gasteiger partial charge in [-0.25, -0.2) is 0 Å². The molecule has 0 fully saturated rings. The van der Waals surface area contributed by atoms with Crippen molar-refractivity contribution < 1.29 is 4.79 Å². The van der Waals surface area contributed by atoms with Gasteiger partial charge in [0.1, 0.15) is 0 Å². The highest BCUT2D eigenvalue weighted by Crippen LogP contribution is 2.19. The summed E-state index contributed by atoms with van der Waals surface area (Å²) in [7, 11) is 0. The van der Waals surface area contributed by atoms with Crippen molar-refractivity contribution >= 4 is 16.6 Å². The highest BCUT2D eigenvalue weighted by molar-refractivity contribution is 6.07. The molecular formula is C13H13NO. The van der Waals surface area contributed by atoms with Gasteiger partial charge in [-0.1, -0.05) is 25.1 Å². The molecule has 76 valence electrons. The first-order valence-electron chi connectivity index (χ1n) is 5.19. The lowest BCUT2D eigenvalue weighted by atomic mass is 10.0. The van der Waals surface area contributed by atoms with Gasteiger partial charge in [-0.2, -0.15) is 0 Å². The maximum Gasteiger partial charge on any atom is 0.163 e. The predicted octanol–water partition coefficient (Wildman–Crippen LogP) is 3.22. The van der Waals surface area contributed by atoms with Crippen LogP contribution in [0.3, 0.4) is 0 Å².